The molecule has 0 unspecified atom stereocenters. The number of piperidine rings is 1. The van der Waals surface area contributed by atoms with E-state index in [4.69, 9.17) is 34.8 Å². The van der Waals surface area contributed by atoms with Crippen molar-refractivity contribution in [2.24, 2.45) is 10.8 Å². The van der Waals surface area contributed by atoms with E-state index in [2.05, 4.69) is 32.9 Å². The van der Waals surface area contributed by atoms with E-state index in [1.165, 1.54) is 11.1 Å². The Morgan fingerprint density at radius 2 is 1.52 bits per heavy atom. The first kappa shape index (κ1) is 32.6. The number of halogens is 3. The van der Waals surface area contributed by atoms with Crippen LogP contribution in [0.1, 0.15) is 74.4 Å². The molecule has 0 saturated carbocycles. The Bertz CT molecular complexity index is 1490. The number of carbonyl (C=O) groups excluding carboxylic acids is 2. The number of benzene rings is 2. The maximum absolute atomic E-state index is 14.6. The van der Waals surface area contributed by atoms with Gasteiger partial charge in [-0.3, -0.25) is 9.59 Å². The molecule has 44 heavy (non-hydrogen) atoms. The van der Waals surface area contributed by atoms with Crippen LogP contribution in [0.2, 0.25) is 0 Å². The zero-order valence-electron chi connectivity index (χ0n) is 25.4. The molecule has 2 amide bonds. The molecule has 1 N–H and O–H groups in total. The maximum Gasteiger partial charge on any atom is 0.335 e. The third kappa shape index (κ3) is 6.31. The van der Waals surface area contributed by atoms with Gasteiger partial charge in [0, 0.05) is 49.9 Å². The molecule has 2 aliphatic heterocycles. The first-order valence-corrected chi connectivity index (χ1v) is 16.2. The molecule has 2 aromatic rings. The van der Waals surface area contributed by atoms with Crippen LogP contribution in [0.25, 0.3) is 5.57 Å². The topological polar surface area (TPSA) is 77.9 Å². The summed E-state index contributed by atoms with van der Waals surface area (Å²) in [6.07, 6.45) is 6.62. The number of allylic oxidation sites excluding steroid dienone is 2. The van der Waals surface area contributed by atoms with Crippen LogP contribution in [0.3, 0.4) is 0 Å². The highest BCUT2D eigenvalue weighted by atomic mass is 35.6. The van der Waals surface area contributed by atoms with Crippen molar-refractivity contribution in [3.05, 3.63) is 89.0 Å². The standard InChI is InChI=1S/C35H39Cl3N2O4/c1-32(2)27(24-9-11-25(12-10-24)30(42)43)13-16-33(3)23-40(20-15-28(32)33)31(44)34(26-7-5-4-6-8-26)18-21-39(22-19-34)29(41)14-17-35(36,37)38/h4-13,15H,14,16-23H2,1-3H3,(H,42,43)/t33-/m1/s1. The SMILES string of the molecule is CC1(C)C(c2ccc(C(=O)O)cc2)=CC[C@]2(C)CN(C(=O)C3(c4ccccc4)CCN(C(=O)CCC(Cl)(Cl)Cl)CC3)CC=C12. The predicted octanol–water partition coefficient (Wildman–Crippen LogP) is 7.68. The van der Waals surface area contributed by atoms with E-state index in [9.17, 15) is 19.5 Å². The average molecular weight is 658 g/mol. The Kier molecular flexibility index (Phi) is 9.03. The van der Waals surface area contributed by atoms with E-state index in [-0.39, 0.29) is 41.0 Å². The lowest BCUT2D eigenvalue weighted by Gasteiger charge is -2.52. The molecule has 0 spiro atoms. The molecule has 1 aliphatic carbocycles. The molecule has 1 atom stereocenters. The van der Waals surface area contributed by atoms with Gasteiger partial charge in [0.25, 0.3) is 0 Å². The lowest BCUT2D eigenvalue weighted by atomic mass is 9.58. The number of aromatic carboxylic acids is 1. The van der Waals surface area contributed by atoms with Crippen molar-refractivity contribution in [1.29, 1.82) is 0 Å². The monoisotopic (exact) mass is 656 g/mol. The summed E-state index contributed by atoms with van der Waals surface area (Å²) in [6, 6.07) is 17.0. The Labute approximate surface area is 274 Å². The second-order valence-corrected chi connectivity index (χ2v) is 15.7. The first-order chi connectivity index (χ1) is 20.7. The normalized spacial score (nSPS) is 22.9. The number of carboxylic acid groups (broad SMARTS) is 1. The molecule has 1 saturated heterocycles. The van der Waals surface area contributed by atoms with Crippen LogP contribution in [-0.4, -0.2) is 62.7 Å². The van der Waals surface area contributed by atoms with Gasteiger partial charge < -0.3 is 14.9 Å². The fraction of sp³-hybridized carbons (Fsp3) is 0.457. The summed E-state index contributed by atoms with van der Waals surface area (Å²) in [6.45, 7) is 8.71. The van der Waals surface area contributed by atoms with Gasteiger partial charge in [-0.2, -0.15) is 0 Å². The highest BCUT2D eigenvalue weighted by Crippen LogP contribution is 2.55. The number of hydrogen-bond acceptors (Lipinski definition) is 3. The zero-order valence-corrected chi connectivity index (χ0v) is 27.7. The quantitative estimate of drug-likeness (QED) is 0.255. The summed E-state index contributed by atoms with van der Waals surface area (Å²) in [5, 5.41) is 9.33. The largest absolute Gasteiger partial charge is 0.478 e. The number of nitrogens with zero attached hydrogens (tertiary/aromatic N) is 2. The molecule has 0 bridgehead atoms. The highest BCUT2D eigenvalue weighted by molar-refractivity contribution is 6.67. The molecule has 3 aliphatic rings. The minimum atomic E-state index is -1.47. The molecule has 6 nitrogen and oxygen atoms in total. The molecular formula is C35H39Cl3N2O4. The van der Waals surface area contributed by atoms with Crippen LogP contribution in [0, 0.1) is 10.8 Å². The summed E-state index contributed by atoms with van der Waals surface area (Å²) in [5.74, 6) is -0.898. The molecule has 234 valence electrons. The molecule has 9 heteroatoms. The second kappa shape index (κ2) is 12.2. The molecule has 2 aromatic carbocycles. The van der Waals surface area contributed by atoms with Gasteiger partial charge in [-0.15, -0.1) is 0 Å². The number of alkyl halides is 3. The van der Waals surface area contributed by atoms with Crippen LogP contribution >= 0.6 is 34.8 Å². The Morgan fingerprint density at radius 3 is 2.11 bits per heavy atom. The van der Waals surface area contributed by atoms with Crippen molar-refractivity contribution >= 4 is 58.2 Å². The number of carboxylic acids is 1. The summed E-state index contributed by atoms with van der Waals surface area (Å²) in [4.78, 5) is 42.7. The minimum absolute atomic E-state index is 0.0619. The fourth-order valence-corrected chi connectivity index (χ4v) is 7.87. The van der Waals surface area contributed by atoms with Crippen molar-refractivity contribution in [1.82, 2.24) is 9.80 Å². The van der Waals surface area contributed by atoms with Crippen LogP contribution in [0.4, 0.5) is 0 Å². The highest BCUT2D eigenvalue weighted by Gasteiger charge is 2.50. The predicted molar refractivity (Wildman–Crippen MR) is 176 cm³/mol. The van der Waals surface area contributed by atoms with Gasteiger partial charge in [0.2, 0.25) is 11.8 Å². The van der Waals surface area contributed by atoms with Crippen molar-refractivity contribution in [2.75, 3.05) is 26.2 Å². The number of fused-ring (bicyclic) bond motifs is 1. The molecule has 0 aromatic heterocycles. The summed E-state index contributed by atoms with van der Waals surface area (Å²) in [7, 11) is 0. The van der Waals surface area contributed by atoms with E-state index < -0.39 is 15.2 Å². The molecule has 0 radical (unpaired) electrons. The average Bonchev–Trinajstić information content (AvgIpc) is 2.99. The Morgan fingerprint density at radius 1 is 0.886 bits per heavy atom. The van der Waals surface area contributed by atoms with Crippen LogP contribution in [-0.2, 0) is 15.0 Å². The Balaban J connectivity index is 1.37. The molecule has 1 fully saturated rings. The molecular weight excluding hydrogens is 619 g/mol. The third-order valence-electron chi connectivity index (χ3n) is 9.87. The van der Waals surface area contributed by atoms with Gasteiger partial charge in [0.15, 0.2) is 3.79 Å². The molecule has 2 heterocycles. The van der Waals surface area contributed by atoms with E-state index in [0.717, 1.165) is 17.5 Å². The number of rotatable bonds is 6. The van der Waals surface area contributed by atoms with Crippen molar-refractivity contribution < 1.29 is 19.5 Å². The summed E-state index contributed by atoms with van der Waals surface area (Å²) < 4.78 is -1.47. The summed E-state index contributed by atoms with van der Waals surface area (Å²) >= 11 is 17.7. The number of likely N-dealkylation sites (tertiary alicyclic amines) is 1. The van der Waals surface area contributed by atoms with Gasteiger partial charge in [-0.1, -0.05) is 116 Å². The van der Waals surface area contributed by atoms with Crippen LogP contribution < -0.4 is 0 Å². The van der Waals surface area contributed by atoms with Crippen molar-refractivity contribution in [3.8, 4) is 0 Å². The van der Waals surface area contributed by atoms with E-state index in [0.29, 0.717) is 39.0 Å². The first-order valence-electron chi connectivity index (χ1n) is 15.1. The zero-order chi connectivity index (χ0) is 31.9. The molecule has 5 rings (SSSR count). The number of amides is 2. The number of hydrogen-bond donors (Lipinski definition) is 1. The van der Waals surface area contributed by atoms with Crippen LogP contribution in [0.15, 0.2) is 72.3 Å². The second-order valence-electron chi connectivity index (χ2n) is 13.1. The number of carbonyl (C=O) groups is 3. The lowest BCUT2D eigenvalue weighted by Crippen LogP contribution is -2.57. The van der Waals surface area contributed by atoms with Gasteiger partial charge in [-0.05, 0) is 48.1 Å². The minimum Gasteiger partial charge on any atom is -0.478 e. The van der Waals surface area contributed by atoms with Crippen molar-refractivity contribution in [3.63, 3.8) is 0 Å². The van der Waals surface area contributed by atoms with Crippen LogP contribution in [0.5, 0.6) is 0 Å². The van der Waals surface area contributed by atoms with E-state index in [1.54, 1.807) is 17.0 Å². The van der Waals surface area contributed by atoms with Gasteiger partial charge in [0.1, 0.15) is 0 Å². The van der Waals surface area contributed by atoms with E-state index >= 15 is 0 Å². The van der Waals surface area contributed by atoms with Gasteiger partial charge in [-0.25, -0.2) is 4.79 Å². The van der Waals surface area contributed by atoms with E-state index in [1.807, 2.05) is 47.4 Å². The van der Waals surface area contributed by atoms with Crippen molar-refractivity contribution in [2.45, 2.75) is 62.1 Å². The maximum atomic E-state index is 14.6. The third-order valence-corrected chi connectivity index (χ3v) is 10.4. The van der Waals surface area contributed by atoms with Gasteiger partial charge >= 0.3 is 5.97 Å². The fourth-order valence-electron chi connectivity index (χ4n) is 7.59. The lowest BCUT2D eigenvalue weighted by molar-refractivity contribution is -0.144. The smallest absolute Gasteiger partial charge is 0.335 e. The Hall–Kier alpha value is -2.80. The van der Waals surface area contributed by atoms with Gasteiger partial charge in [0.05, 0.1) is 11.0 Å². The summed E-state index contributed by atoms with van der Waals surface area (Å²) in [5.41, 5.74) is 3.47.